The maximum absolute atomic E-state index is 13.2. The van der Waals surface area contributed by atoms with Gasteiger partial charge in [0.2, 0.25) is 0 Å². The second-order valence-corrected chi connectivity index (χ2v) is 8.83. The third kappa shape index (κ3) is 8.32. The fraction of sp³-hybridized carbons (Fsp3) is 0.520. The molecular weight excluding hydrogens is 415 g/mol. The lowest BCUT2D eigenvalue weighted by Gasteiger charge is -2.23. The molecule has 0 spiro atoms. The van der Waals surface area contributed by atoms with E-state index in [0.717, 1.165) is 37.1 Å². The number of benzene rings is 1. The van der Waals surface area contributed by atoms with E-state index >= 15 is 0 Å². The van der Waals surface area contributed by atoms with Crippen LogP contribution in [0.15, 0.2) is 42.6 Å². The van der Waals surface area contributed by atoms with Gasteiger partial charge in [0.15, 0.2) is 0 Å². The molecule has 0 aliphatic heterocycles. The highest BCUT2D eigenvalue weighted by Gasteiger charge is 2.22. The average molecular weight is 449 g/mol. The van der Waals surface area contributed by atoms with Gasteiger partial charge in [-0.05, 0) is 68.5 Å². The van der Waals surface area contributed by atoms with Crippen molar-refractivity contribution in [2.75, 3.05) is 13.7 Å². The zero-order valence-corrected chi connectivity index (χ0v) is 19.7. The van der Waals surface area contributed by atoms with E-state index in [2.05, 4.69) is 24.1 Å². The molecule has 0 fully saturated rings. The van der Waals surface area contributed by atoms with Crippen molar-refractivity contribution < 1.29 is 13.9 Å². The number of halogens is 2. The van der Waals surface area contributed by atoms with E-state index in [1.807, 2.05) is 12.1 Å². The van der Waals surface area contributed by atoms with Crippen LogP contribution in [-0.4, -0.2) is 24.4 Å². The van der Waals surface area contributed by atoms with E-state index < -0.39 is 0 Å². The molecule has 3 atom stereocenters. The monoisotopic (exact) mass is 448 g/mol. The molecule has 6 heteroatoms. The van der Waals surface area contributed by atoms with Gasteiger partial charge in [0.1, 0.15) is 11.6 Å². The number of methoxy groups -OCH3 is 1. The molecule has 0 amide bonds. The van der Waals surface area contributed by atoms with Crippen LogP contribution < -0.4 is 5.32 Å². The van der Waals surface area contributed by atoms with Crippen molar-refractivity contribution in [3.05, 3.63) is 64.7 Å². The van der Waals surface area contributed by atoms with E-state index in [0.29, 0.717) is 17.4 Å². The van der Waals surface area contributed by atoms with E-state index in [1.54, 1.807) is 32.4 Å². The fourth-order valence-electron chi connectivity index (χ4n) is 3.82. The zero-order chi connectivity index (χ0) is 22.8. The van der Waals surface area contributed by atoms with E-state index in [1.165, 1.54) is 12.1 Å². The Balaban J connectivity index is 1.84. The van der Waals surface area contributed by atoms with Crippen LogP contribution in [0.1, 0.15) is 69.9 Å². The molecule has 4 nitrogen and oxygen atoms in total. The molecule has 31 heavy (non-hydrogen) atoms. The van der Waals surface area contributed by atoms with Crippen molar-refractivity contribution >= 4 is 17.4 Å². The maximum atomic E-state index is 13.2. The second-order valence-electron chi connectivity index (χ2n) is 8.39. The van der Waals surface area contributed by atoms with Crippen LogP contribution in [0.5, 0.6) is 0 Å². The average Bonchev–Trinajstić information content (AvgIpc) is 2.74. The number of nitrogens with one attached hydrogen (secondary N) is 1. The highest BCUT2D eigenvalue weighted by atomic mass is 35.5. The van der Waals surface area contributed by atoms with Gasteiger partial charge in [0, 0.05) is 19.2 Å². The Hall–Kier alpha value is -1.82. The number of carbonyl (C=O) groups is 1. The molecule has 1 heterocycles. The number of unbranched alkanes of at least 4 members (excludes halogenated alkanes) is 1. The molecule has 1 N–H and O–H groups in total. The van der Waals surface area contributed by atoms with Gasteiger partial charge in [-0.1, -0.05) is 44.0 Å². The Morgan fingerprint density at radius 1 is 1.16 bits per heavy atom. The zero-order valence-electron chi connectivity index (χ0n) is 18.9. The molecular formula is C25H34ClFN2O2. The van der Waals surface area contributed by atoms with Crippen LogP contribution in [0.4, 0.5) is 4.39 Å². The molecule has 2 aromatic rings. The van der Waals surface area contributed by atoms with Crippen LogP contribution in [-0.2, 0) is 9.53 Å². The first-order valence-corrected chi connectivity index (χ1v) is 11.3. The molecule has 170 valence electrons. The predicted octanol–water partition coefficient (Wildman–Crippen LogP) is 6.31. The number of rotatable bonds is 13. The minimum atomic E-state index is -0.275. The first-order chi connectivity index (χ1) is 14.8. The van der Waals surface area contributed by atoms with Gasteiger partial charge in [-0.15, -0.1) is 0 Å². The van der Waals surface area contributed by atoms with Crippen LogP contribution in [0.3, 0.4) is 0 Å². The number of hydrogen-bond donors (Lipinski definition) is 1. The van der Waals surface area contributed by atoms with Crippen molar-refractivity contribution in [3.63, 3.8) is 0 Å². The van der Waals surface area contributed by atoms with E-state index in [-0.39, 0.29) is 29.7 Å². The number of Topliss-reactive ketones (excluding diaryl/α,β-unsaturated/α-hetero) is 1. The number of carbonyl (C=O) groups excluding carboxylic acids is 1. The summed E-state index contributed by atoms with van der Waals surface area (Å²) in [4.78, 5) is 16.7. The first kappa shape index (κ1) is 25.4. The quantitative estimate of drug-likeness (QED) is 0.364. The van der Waals surface area contributed by atoms with Gasteiger partial charge in [0.25, 0.3) is 0 Å². The molecule has 0 radical (unpaired) electrons. The summed E-state index contributed by atoms with van der Waals surface area (Å²) < 4.78 is 18.8. The molecule has 0 aliphatic carbocycles. The summed E-state index contributed by atoms with van der Waals surface area (Å²) in [7, 11) is 1.63. The molecule has 0 aliphatic rings. The third-order valence-electron chi connectivity index (χ3n) is 5.68. The molecule has 0 saturated heterocycles. The minimum absolute atomic E-state index is 0.0752. The lowest BCUT2D eigenvalue weighted by molar-refractivity contribution is -0.122. The van der Waals surface area contributed by atoms with E-state index in [4.69, 9.17) is 16.3 Å². The largest absolute Gasteiger partial charge is 0.377 e. The van der Waals surface area contributed by atoms with Crippen molar-refractivity contribution in [1.82, 2.24) is 10.3 Å². The number of nitrogens with zero attached hydrogens (tertiary/aromatic N) is 1. The van der Waals surface area contributed by atoms with Crippen molar-refractivity contribution in [2.24, 2.45) is 11.8 Å². The summed E-state index contributed by atoms with van der Waals surface area (Å²) in [6, 6.07) is 10.3. The summed E-state index contributed by atoms with van der Waals surface area (Å²) in [6.07, 6.45) is 4.79. The normalized spacial score (nSPS) is 14.4. The highest BCUT2D eigenvalue weighted by Crippen LogP contribution is 2.28. The van der Waals surface area contributed by atoms with E-state index in [9.17, 15) is 9.18 Å². The molecule has 0 saturated carbocycles. The molecule has 0 bridgehead atoms. The van der Waals surface area contributed by atoms with Gasteiger partial charge in [-0.25, -0.2) is 4.39 Å². The SMILES string of the molecule is CO[C@H](C[C@H](CCCCN[C@@H](c1ccc(Cl)cn1)C(C)C)C(C)=O)c1ccc(F)cc1. The van der Waals surface area contributed by atoms with Gasteiger partial charge >= 0.3 is 0 Å². The third-order valence-corrected chi connectivity index (χ3v) is 5.90. The molecule has 1 aromatic heterocycles. The lowest BCUT2D eigenvalue weighted by Crippen LogP contribution is -2.27. The first-order valence-electron chi connectivity index (χ1n) is 10.9. The number of pyridine rings is 1. The molecule has 0 unspecified atom stereocenters. The van der Waals surface area contributed by atoms with Crippen molar-refractivity contribution in [3.8, 4) is 0 Å². The Labute approximate surface area is 190 Å². The minimum Gasteiger partial charge on any atom is -0.377 e. The van der Waals surface area contributed by atoms with Crippen LogP contribution in [0.2, 0.25) is 5.02 Å². The Bertz CT molecular complexity index is 796. The van der Waals surface area contributed by atoms with Gasteiger partial charge in [0.05, 0.1) is 22.9 Å². The standard InChI is InChI=1S/C25H34ClFN2O2/c1-17(2)25(23-13-10-21(26)16-29-23)28-14-6-5-7-20(18(3)30)15-24(31-4)19-8-11-22(27)12-9-19/h8-13,16-17,20,24-25,28H,5-7,14-15H2,1-4H3/t20-,24+,25+/m0/s1. The Morgan fingerprint density at radius 3 is 2.42 bits per heavy atom. The lowest BCUT2D eigenvalue weighted by atomic mass is 9.89. The summed E-state index contributed by atoms with van der Waals surface area (Å²) >= 11 is 5.95. The van der Waals surface area contributed by atoms with Crippen LogP contribution in [0.25, 0.3) is 0 Å². The smallest absolute Gasteiger partial charge is 0.133 e. The predicted molar refractivity (Wildman–Crippen MR) is 124 cm³/mol. The van der Waals surface area contributed by atoms with Gasteiger partial charge < -0.3 is 10.1 Å². The second kappa shape index (κ2) is 12.9. The van der Waals surface area contributed by atoms with Crippen molar-refractivity contribution in [1.29, 1.82) is 0 Å². The van der Waals surface area contributed by atoms with Gasteiger partial charge in [-0.3, -0.25) is 9.78 Å². The summed E-state index contributed by atoms with van der Waals surface area (Å²) in [5.41, 5.74) is 1.88. The van der Waals surface area contributed by atoms with Gasteiger partial charge in [-0.2, -0.15) is 0 Å². The molecule has 1 aromatic carbocycles. The number of aromatic nitrogens is 1. The summed E-state index contributed by atoms with van der Waals surface area (Å²) in [5.74, 6) is 0.218. The maximum Gasteiger partial charge on any atom is 0.133 e. The van der Waals surface area contributed by atoms with Crippen LogP contribution >= 0.6 is 11.6 Å². The Morgan fingerprint density at radius 2 is 1.87 bits per heavy atom. The topological polar surface area (TPSA) is 51.2 Å². The summed E-state index contributed by atoms with van der Waals surface area (Å²) in [5, 5.41) is 4.23. The van der Waals surface area contributed by atoms with Crippen LogP contribution in [0, 0.1) is 17.7 Å². The highest BCUT2D eigenvalue weighted by molar-refractivity contribution is 6.30. The number of hydrogen-bond acceptors (Lipinski definition) is 4. The number of ketones is 1. The van der Waals surface area contributed by atoms with Crippen molar-refractivity contribution in [2.45, 2.75) is 58.6 Å². The molecule has 2 rings (SSSR count). The Kier molecular flexibility index (Phi) is 10.6. The number of ether oxygens (including phenoxy) is 1. The summed E-state index contributed by atoms with van der Waals surface area (Å²) in [6.45, 7) is 6.82. The fourth-order valence-corrected chi connectivity index (χ4v) is 3.93.